The molecule has 0 saturated carbocycles. The molecular formula is C2H7NbO4. The van der Waals surface area contributed by atoms with Gasteiger partial charge in [-0.25, -0.2) is 0 Å². The van der Waals surface area contributed by atoms with E-state index in [9.17, 15) is 0 Å². The van der Waals surface area contributed by atoms with Crippen LogP contribution in [-0.2, 0) is 25.3 Å². The summed E-state index contributed by atoms with van der Waals surface area (Å²) in [7, 11) is 0. The Morgan fingerprint density at radius 1 is 1.57 bits per heavy atom. The number of aliphatic hydroxyl groups is 1. The Labute approximate surface area is 48.1 Å². The van der Waals surface area contributed by atoms with Crippen molar-refractivity contribution in [3.05, 3.63) is 0 Å². The molecule has 0 aromatic heterocycles. The summed E-state index contributed by atoms with van der Waals surface area (Å²) >= 11 is -3.95. The zero-order chi connectivity index (χ0) is 6.28. The third-order valence-electron chi connectivity index (χ3n) is 0. The van der Waals surface area contributed by atoms with E-state index in [1.165, 1.54) is 0 Å². The van der Waals surface area contributed by atoms with Gasteiger partial charge in [0.25, 0.3) is 0 Å². The molecule has 0 aromatic carbocycles. The first-order chi connectivity index (χ1) is 3.15. The fourth-order valence-electron chi connectivity index (χ4n) is 0. The Balaban J connectivity index is 0. The first-order valence-electron chi connectivity index (χ1n) is 1.59. The van der Waals surface area contributed by atoms with Gasteiger partial charge in [0.2, 0.25) is 0 Å². The van der Waals surface area contributed by atoms with Crippen LogP contribution in [0.25, 0.3) is 0 Å². The van der Waals surface area contributed by atoms with E-state index in [1.807, 2.05) is 0 Å². The molecule has 0 aliphatic heterocycles. The number of rotatable bonds is 0. The molecule has 2 N–H and O–H groups in total. The van der Waals surface area contributed by atoms with E-state index in [4.69, 9.17) is 15.2 Å². The van der Waals surface area contributed by atoms with Crippen LogP contribution in [0.2, 0.25) is 0 Å². The molecule has 0 amide bonds. The van der Waals surface area contributed by atoms with Crippen LogP contribution >= 0.6 is 0 Å². The minimum atomic E-state index is -3.95. The van der Waals surface area contributed by atoms with Gasteiger partial charge >= 0.3 is 28.9 Å². The van der Waals surface area contributed by atoms with E-state index < -0.39 is 18.8 Å². The van der Waals surface area contributed by atoms with Crippen LogP contribution in [0.3, 0.4) is 0 Å². The van der Waals surface area contributed by atoms with Gasteiger partial charge in [-0.15, -0.1) is 0 Å². The van der Waals surface area contributed by atoms with Crippen LogP contribution in [0.15, 0.2) is 0 Å². The van der Waals surface area contributed by atoms with E-state index in [2.05, 4.69) is 0 Å². The van der Waals surface area contributed by atoms with Gasteiger partial charge in [0, 0.05) is 6.61 Å². The first-order valence-corrected chi connectivity index (χ1v) is 4.37. The topological polar surface area (TPSA) is 74.6 Å². The van der Waals surface area contributed by atoms with E-state index in [0.29, 0.717) is 0 Å². The zero-order valence-electron chi connectivity index (χ0n) is 3.87. The molecule has 5 heteroatoms. The maximum atomic E-state index is 8.71. The Morgan fingerprint density at radius 2 is 1.57 bits per heavy atom. The van der Waals surface area contributed by atoms with Gasteiger partial charge in [-0.3, -0.25) is 0 Å². The van der Waals surface area contributed by atoms with Gasteiger partial charge in [0.05, 0.1) is 0 Å². The Hall–Kier alpha value is 0.260. The molecule has 0 rings (SSSR count). The van der Waals surface area contributed by atoms with E-state index in [-0.39, 0.29) is 6.61 Å². The van der Waals surface area contributed by atoms with Crippen LogP contribution < -0.4 is 0 Å². The zero-order valence-corrected chi connectivity index (χ0v) is 6.06. The average Bonchev–Trinajstić information content (AvgIpc) is 1.33. The van der Waals surface area contributed by atoms with Crippen LogP contribution in [0.1, 0.15) is 6.92 Å². The van der Waals surface area contributed by atoms with Gasteiger partial charge in [0.15, 0.2) is 0 Å². The van der Waals surface area contributed by atoms with Crippen molar-refractivity contribution < 1.29 is 34.0 Å². The standard InChI is InChI=1S/C2H6O.Nb.H2O.2O/c1-2-3;;;;/h3H,2H2,1H3;;1H2;;/q;+1;;;/p-1. The van der Waals surface area contributed by atoms with Gasteiger partial charge in [-0.1, -0.05) is 0 Å². The van der Waals surface area contributed by atoms with Crippen molar-refractivity contribution >= 4 is 0 Å². The molecule has 0 aromatic rings. The molecule has 0 saturated heterocycles. The Bertz CT molecular complexity index is 67.8. The molecule has 0 radical (unpaired) electrons. The molecule has 0 heterocycles. The van der Waals surface area contributed by atoms with Gasteiger partial charge < -0.3 is 5.11 Å². The summed E-state index contributed by atoms with van der Waals surface area (Å²) in [5, 5.41) is 7.57. The van der Waals surface area contributed by atoms with Gasteiger partial charge in [-0.05, 0) is 6.92 Å². The van der Waals surface area contributed by atoms with E-state index in [1.54, 1.807) is 6.92 Å². The van der Waals surface area contributed by atoms with Crippen LogP contribution in [0, 0.1) is 0 Å². The molecule has 0 bridgehead atoms. The predicted molar refractivity (Wildman–Crippen MR) is 16.4 cm³/mol. The summed E-state index contributed by atoms with van der Waals surface area (Å²) in [6, 6.07) is 0. The van der Waals surface area contributed by atoms with Crippen molar-refractivity contribution in [1.82, 2.24) is 0 Å². The minimum absolute atomic E-state index is 0.250. The fraction of sp³-hybridized carbons (Fsp3) is 1.00. The normalized spacial score (nSPS) is 6.14. The predicted octanol–water partition coefficient (Wildman–Crippen LogP) is -0.798. The molecule has 44 valence electrons. The van der Waals surface area contributed by atoms with E-state index in [0.717, 1.165) is 0 Å². The molecule has 0 spiro atoms. The molecule has 0 unspecified atom stereocenters. The van der Waals surface area contributed by atoms with Crippen molar-refractivity contribution in [2.24, 2.45) is 0 Å². The Kier molecular flexibility index (Phi) is 14.0. The maximum absolute atomic E-state index is 8.71. The molecule has 7 heavy (non-hydrogen) atoms. The Morgan fingerprint density at radius 3 is 1.57 bits per heavy atom. The van der Waals surface area contributed by atoms with Crippen molar-refractivity contribution in [3.8, 4) is 0 Å². The molecule has 0 atom stereocenters. The summed E-state index contributed by atoms with van der Waals surface area (Å²) in [5.74, 6) is 0. The quantitative estimate of drug-likeness (QED) is 0.488. The van der Waals surface area contributed by atoms with Gasteiger partial charge in [0.1, 0.15) is 0 Å². The average molecular weight is 188 g/mol. The first kappa shape index (κ1) is 10.3. The fourth-order valence-corrected chi connectivity index (χ4v) is 0. The molecule has 0 aliphatic rings. The summed E-state index contributed by atoms with van der Waals surface area (Å²) in [6.07, 6.45) is 0. The van der Waals surface area contributed by atoms with Crippen molar-refractivity contribution in [1.29, 1.82) is 0 Å². The summed E-state index contributed by atoms with van der Waals surface area (Å²) in [5.41, 5.74) is 0. The third-order valence-corrected chi connectivity index (χ3v) is 0. The van der Waals surface area contributed by atoms with Crippen molar-refractivity contribution in [2.75, 3.05) is 6.61 Å². The SMILES string of the molecule is CCO.[O]=[Nb](=[O])[OH]. The number of aliphatic hydroxyl groups excluding tert-OH is 1. The summed E-state index contributed by atoms with van der Waals surface area (Å²) < 4.78 is 24.6. The number of hydrogen-bond acceptors (Lipinski definition) is 3. The van der Waals surface area contributed by atoms with Crippen molar-refractivity contribution in [3.63, 3.8) is 0 Å². The van der Waals surface area contributed by atoms with Gasteiger partial charge in [-0.2, -0.15) is 0 Å². The van der Waals surface area contributed by atoms with Crippen LogP contribution in [0.5, 0.6) is 0 Å². The molecule has 0 aliphatic carbocycles. The second-order valence-corrected chi connectivity index (χ2v) is 1.72. The second-order valence-electron chi connectivity index (χ2n) is 0.554. The van der Waals surface area contributed by atoms with Crippen LogP contribution in [-0.4, -0.2) is 15.3 Å². The summed E-state index contributed by atoms with van der Waals surface area (Å²) in [6.45, 7) is 1.93. The molecule has 0 fully saturated rings. The number of hydrogen-bond donors (Lipinski definition) is 2. The third kappa shape index (κ3) is 1680. The summed E-state index contributed by atoms with van der Waals surface area (Å²) in [4.78, 5) is 0. The van der Waals surface area contributed by atoms with Crippen LogP contribution in [0.4, 0.5) is 0 Å². The van der Waals surface area contributed by atoms with E-state index >= 15 is 0 Å². The molecular weight excluding hydrogens is 181 g/mol. The molecule has 4 nitrogen and oxygen atoms in total. The second kappa shape index (κ2) is 9.54. The van der Waals surface area contributed by atoms with Crippen molar-refractivity contribution in [2.45, 2.75) is 6.92 Å². The monoisotopic (exact) mass is 188 g/mol.